The lowest BCUT2D eigenvalue weighted by Crippen LogP contribution is -2.39. The van der Waals surface area contributed by atoms with Crippen LogP contribution in [-0.4, -0.2) is 50.3 Å². The van der Waals surface area contributed by atoms with Crippen molar-refractivity contribution in [2.45, 2.75) is 44.8 Å². The second-order valence-electron chi connectivity index (χ2n) is 5.26. The van der Waals surface area contributed by atoms with E-state index in [2.05, 4.69) is 17.1 Å². The minimum absolute atomic E-state index is 0.485. The van der Waals surface area contributed by atoms with Gasteiger partial charge in [-0.05, 0) is 31.7 Å². The first-order valence-electron chi connectivity index (χ1n) is 6.82. The molecule has 3 unspecified atom stereocenters. The molecule has 16 heavy (non-hydrogen) atoms. The average Bonchev–Trinajstić information content (AvgIpc) is 2.90. The van der Waals surface area contributed by atoms with E-state index in [0.29, 0.717) is 6.10 Å². The van der Waals surface area contributed by atoms with Crippen molar-refractivity contribution in [1.29, 1.82) is 0 Å². The lowest BCUT2D eigenvalue weighted by Gasteiger charge is -2.25. The maximum atomic E-state index is 5.42. The lowest BCUT2D eigenvalue weighted by molar-refractivity contribution is 0.105. The summed E-state index contributed by atoms with van der Waals surface area (Å²) in [6, 6.07) is 0.770. The van der Waals surface area contributed by atoms with E-state index in [1.54, 1.807) is 0 Å². The SMILES string of the molecule is CCNC1CCCC1CN1CCC(OC)C1. The first-order valence-corrected chi connectivity index (χ1v) is 6.82. The van der Waals surface area contributed by atoms with Gasteiger partial charge >= 0.3 is 0 Å². The number of hydrogen-bond acceptors (Lipinski definition) is 3. The maximum absolute atomic E-state index is 5.42. The minimum atomic E-state index is 0.485. The summed E-state index contributed by atoms with van der Waals surface area (Å²) >= 11 is 0. The summed E-state index contributed by atoms with van der Waals surface area (Å²) in [5.41, 5.74) is 0. The molecule has 3 heteroatoms. The van der Waals surface area contributed by atoms with Gasteiger partial charge in [0.2, 0.25) is 0 Å². The molecule has 2 fully saturated rings. The number of hydrogen-bond donors (Lipinski definition) is 1. The molecule has 94 valence electrons. The van der Waals surface area contributed by atoms with E-state index in [9.17, 15) is 0 Å². The molecule has 1 saturated heterocycles. The van der Waals surface area contributed by atoms with Crippen LogP contribution in [-0.2, 0) is 4.74 Å². The largest absolute Gasteiger partial charge is 0.380 e. The topological polar surface area (TPSA) is 24.5 Å². The van der Waals surface area contributed by atoms with Crippen LogP contribution in [0, 0.1) is 5.92 Å². The van der Waals surface area contributed by atoms with Crippen molar-refractivity contribution in [3.05, 3.63) is 0 Å². The molecule has 1 aliphatic carbocycles. The van der Waals surface area contributed by atoms with Crippen LogP contribution in [0.4, 0.5) is 0 Å². The third kappa shape index (κ3) is 2.96. The Balaban J connectivity index is 1.76. The van der Waals surface area contributed by atoms with E-state index in [1.807, 2.05) is 7.11 Å². The standard InChI is InChI=1S/C13H26N2O/c1-3-14-13-6-4-5-11(13)9-15-8-7-12(10-15)16-2/h11-14H,3-10H2,1-2H3. The van der Waals surface area contributed by atoms with Gasteiger partial charge in [-0.3, -0.25) is 0 Å². The highest BCUT2D eigenvalue weighted by molar-refractivity contribution is 4.87. The van der Waals surface area contributed by atoms with Crippen LogP contribution in [0.1, 0.15) is 32.6 Å². The molecule has 0 amide bonds. The smallest absolute Gasteiger partial charge is 0.0710 e. The van der Waals surface area contributed by atoms with Gasteiger partial charge in [-0.2, -0.15) is 0 Å². The Hall–Kier alpha value is -0.120. The molecule has 3 nitrogen and oxygen atoms in total. The zero-order chi connectivity index (χ0) is 11.4. The van der Waals surface area contributed by atoms with Crippen LogP contribution in [0.25, 0.3) is 0 Å². The molecule has 0 bridgehead atoms. The fourth-order valence-electron chi connectivity index (χ4n) is 3.27. The van der Waals surface area contributed by atoms with Crippen LogP contribution in [0.5, 0.6) is 0 Å². The highest BCUT2D eigenvalue weighted by Crippen LogP contribution is 2.27. The van der Waals surface area contributed by atoms with Gasteiger partial charge in [0.1, 0.15) is 0 Å². The molecule has 1 N–H and O–H groups in total. The van der Waals surface area contributed by atoms with Crippen LogP contribution in [0.15, 0.2) is 0 Å². The van der Waals surface area contributed by atoms with Crippen molar-refractivity contribution in [3.63, 3.8) is 0 Å². The fraction of sp³-hybridized carbons (Fsp3) is 1.00. The Morgan fingerprint density at radius 2 is 2.19 bits per heavy atom. The summed E-state index contributed by atoms with van der Waals surface area (Å²) in [6.45, 7) is 6.98. The normalized spacial score (nSPS) is 36.0. The average molecular weight is 226 g/mol. The second-order valence-corrected chi connectivity index (χ2v) is 5.26. The zero-order valence-electron chi connectivity index (χ0n) is 10.7. The number of likely N-dealkylation sites (tertiary alicyclic amines) is 1. The molecule has 0 aromatic heterocycles. The number of nitrogens with zero attached hydrogens (tertiary/aromatic N) is 1. The Labute approximate surface area is 99.5 Å². The number of nitrogens with one attached hydrogen (secondary N) is 1. The number of ether oxygens (including phenoxy) is 1. The van der Waals surface area contributed by atoms with Crippen LogP contribution >= 0.6 is 0 Å². The fourth-order valence-corrected chi connectivity index (χ4v) is 3.27. The molecule has 3 atom stereocenters. The molecule has 0 aromatic carbocycles. The van der Waals surface area contributed by atoms with Crippen molar-refractivity contribution in [2.24, 2.45) is 5.92 Å². The first-order chi connectivity index (χ1) is 7.83. The molecular weight excluding hydrogens is 200 g/mol. The summed E-state index contributed by atoms with van der Waals surface area (Å²) in [6.07, 6.45) is 5.89. The Morgan fingerprint density at radius 1 is 1.31 bits per heavy atom. The highest BCUT2D eigenvalue weighted by atomic mass is 16.5. The van der Waals surface area contributed by atoms with E-state index in [-0.39, 0.29) is 0 Å². The van der Waals surface area contributed by atoms with Crippen LogP contribution < -0.4 is 5.32 Å². The number of methoxy groups -OCH3 is 1. The van der Waals surface area contributed by atoms with Crippen molar-refractivity contribution in [2.75, 3.05) is 33.3 Å². The van der Waals surface area contributed by atoms with Crippen molar-refractivity contribution < 1.29 is 4.74 Å². The molecule has 0 aromatic rings. The Morgan fingerprint density at radius 3 is 2.88 bits per heavy atom. The molecule has 2 rings (SSSR count). The third-order valence-electron chi connectivity index (χ3n) is 4.18. The van der Waals surface area contributed by atoms with Crippen LogP contribution in [0.3, 0.4) is 0 Å². The van der Waals surface area contributed by atoms with Gasteiger partial charge in [0.05, 0.1) is 6.10 Å². The van der Waals surface area contributed by atoms with Crippen molar-refractivity contribution in [1.82, 2.24) is 10.2 Å². The predicted octanol–water partition coefficient (Wildman–Crippen LogP) is 1.49. The van der Waals surface area contributed by atoms with E-state index in [4.69, 9.17) is 4.74 Å². The Bertz CT molecular complexity index is 210. The minimum Gasteiger partial charge on any atom is -0.380 e. The van der Waals surface area contributed by atoms with Gasteiger partial charge in [0.15, 0.2) is 0 Å². The number of rotatable bonds is 5. The molecule has 1 saturated carbocycles. The molecule has 1 aliphatic heterocycles. The summed E-state index contributed by atoms with van der Waals surface area (Å²) in [4.78, 5) is 2.59. The van der Waals surface area contributed by atoms with Crippen LogP contribution in [0.2, 0.25) is 0 Å². The summed E-state index contributed by atoms with van der Waals surface area (Å²) in [7, 11) is 1.84. The van der Waals surface area contributed by atoms with Gasteiger partial charge in [-0.25, -0.2) is 0 Å². The van der Waals surface area contributed by atoms with Gasteiger partial charge < -0.3 is 15.0 Å². The van der Waals surface area contributed by atoms with E-state index >= 15 is 0 Å². The molecular formula is C13H26N2O. The predicted molar refractivity (Wildman–Crippen MR) is 66.7 cm³/mol. The quantitative estimate of drug-likeness (QED) is 0.768. The van der Waals surface area contributed by atoms with Gasteiger partial charge in [0.25, 0.3) is 0 Å². The molecule has 0 spiro atoms. The highest BCUT2D eigenvalue weighted by Gasteiger charge is 2.30. The monoisotopic (exact) mass is 226 g/mol. The van der Waals surface area contributed by atoms with Crippen molar-refractivity contribution >= 4 is 0 Å². The zero-order valence-corrected chi connectivity index (χ0v) is 10.7. The van der Waals surface area contributed by atoms with Gasteiger partial charge in [-0.15, -0.1) is 0 Å². The van der Waals surface area contributed by atoms with Crippen molar-refractivity contribution in [3.8, 4) is 0 Å². The Kier molecular flexibility index (Phi) is 4.62. The molecule has 1 heterocycles. The lowest BCUT2D eigenvalue weighted by atomic mass is 10.0. The summed E-state index contributed by atoms with van der Waals surface area (Å²) < 4.78 is 5.42. The molecule has 2 aliphatic rings. The third-order valence-corrected chi connectivity index (χ3v) is 4.18. The summed E-state index contributed by atoms with van der Waals surface area (Å²) in [5, 5.41) is 3.64. The van der Waals surface area contributed by atoms with E-state index in [0.717, 1.165) is 25.0 Å². The van der Waals surface area contributed by atoms with E-state index < -0.39 is 0 Å². The van der Waals surface area contributed by atoms with E-state index in [1.165, 1.54) is 38.8 Å². The van der Waals surface area contributed by atoms with Gasteiger partial charge in [-0.1, -0.05) is 13.3 Å². The van der Waals surface area contributed by atoms with Gasteiger partial charge in [0, 0.05) is 32.8 Å². The summed E-state index contributed by atoms with van der Waals surface area (Å²) in [5.74, 6) is 0.871. The first kappa shape index (κ1) is 12.3. The maximum Gasteiger partial charge on any atom is 0.0710 e. The molecule has 0 radical (unpaired) electrons. The second kappa shape index (κ2) is 5.99.